The second kappa shape index (κ2) is 8.51. The summed E-state index contributed by atoms with van der Waals surface area (Å²) < 4.78 is 1.63. The van der Waals surface area contributed by atoms with Gasteiger partial charge in [0.2, 0.25) is 5.91 Å². The second-order valence-electron chi connectivity index (χ2n) is 7.21. The minimum Gasteiger partial charge on any atom is -0.324 e. The van der Waals surface area contributed by atoms with Crippen LogP contribution in [0.5, 0.6) is 0 Å². The highest BCUT2D eigenvalue weighted by molar-refractivity contribution is 7.99. The van der Waals surface area contributed by atoms with Crippen LogP contribution in [0, 0.1) is 5.92 Å². The van der Waals surface area contributed by atoms with E-state index >= 15 is 0 Å². The Labute approximate surface area is 177 Å². The zero-order chi connectivity index (χ0) is 20.4. The van der Waals surface area contributed by atoms with E-state index in [0.717, 1.165) is 29.5 Å². The van der Waals surface area contributed by atoms with Crippen molar-refractivity contribution in [2.45, 2.75) is 37.9 Å². The lowest BCUT2D eigenvalue weighted by Crippen LogP contribution is -2.24. The number of carbonyl (C=O) groups is 1. The van der Waals surface area contributed by atoms with Crippen molar-refractivity contribution in [3.8, 4) is 0 Å². The van der Waals surface area contributed by atoms with Crippen LogP contribution in [0.25, 0.3) is 10.2 Å². The summed E-state index contributed by atoms with van der Waals surface area (Å²) in [7, 11) is 0. The summed E-state index contributed by atoms with van der Waals surface area (Å²) in [6.45, 7) is 6.39. The highest BCUT2D eigenvalue weighted by Crippen LogP contribution is 2.36. The van der Waals surface area contributed by atoms with Crippen molar-refractivity contribution < 1.29 is 4.79 Å². The van der Waals surface area contributed by atoms with Crippen LogP contribution in [0.2, 0.25) is 0 Å². The molecule has 0 bridgehead atoms. The van der Waals surface area contributed by atoms with E-state index < -0.39 is 0 Å². The quantitative estimate of drug-likeness (QED) is 0.368. The van der Waals surface area contributed by atoms with Gasteiger partial charge in [-0.15, -0.1) is 17.9 Å². The highest BCUT2D eigenvalue weighted by Gasteiger charge is 2.24. The fourth-order valence-corrected chi connectivity index (χ4v) is 5.80. The van der Waals surface area contributed by atoms with Gasteiger partial charge < -0.3 is 5.32 Å². The van der Waals surface area contributed by atoms with E-state index in [1.165, 1.54) is 22.2 Å². The lowest BCUT2D eigenvalue weighted by atomic mass is 9.89. The highest BCUT2D eigenvalue weighted by atomic mass is 32.2. The lowest BCUT2D eigenvalue weighted by molar-refractivity contribution is -0.113. The molecule has 8 heteroatoms. The number of hydrogen-bond donors (Lipinski definition) is 1. The third kappa shape index (κ3) is 4.13. The number of anilines is 1. The first-order valence-electron chi connectivity index (χ1n) is 9.55. The molecule has 1 aliphatic rings. The number of nitrogens with zero attached hydrogens (tertiary/aromatic N) is 3. The van der Waals surface area contributed by atoms with Gasteiger partial charge in [0, 0.05) is 17.6 Å². The van der Waals surface area contributed by atoms with Gasteiger partial charge in [-0.05, 0) is 42.9 Å². The Kier molecular flexibility index (Phi) is 5.82. The number of carbonyl (C=O) groups excluding carboxylic acids is 1. The Hall–Kier alpha value is -2.45. The average Bonchev–Trinajstić information content (AvgIpc) is 3.07. The summed E-state index contributed by atoms with van der Waals surface area (Å²) in [5.74, 6) is 0.629. The van der Waals surface area contributed by atoms with Crippen molar-refractivity contribution in [1.82, 2.24) is 14.5 Å². The second-order valence-corrected chi connectivity index (χ2v) is 9.24. The zero-order valence-corrected chi connectivity index (χ0v) is 17.8. The van der Waals surface area contributed by atoms with Crippen LogP contribution < -0.4 is 10.9 Å². The fraction of sp³-hybridized carbons (Fsp3) is 0.333. The topological polar surface area (TPSA) is 76.9 Å². The smallest absolute Gasteiger partial charge is 0.263 e. The van der Waals surface area contributed by atoms with Crippen LogP contribution in [0.3, 0.4) is 0 Å². The van der Waals surface area contributed by atoms with E-state index in [2.05, 4.69) is 23.8 Å². The number of aromatic nitrogens is 3. The Bertz CT molecular complexity index is 1120. The molecule has 1 N–H and O–H groups in total. The summed E-state index contributed by atoms with van der Waals surface area (Å²) in [6, 6.07) is 3.55. The number of rotatable bonds is 6. The molecule has 0 radical (unpaired) electrons. The number of thioether (sulfide) groups is 1. The Balaban J connectivity index is 1.63. The number of amides is 1. The van der Waals surface area contributed by atoms with Gasteiger partial charge in [-0.1, -0.05) is 24.8 Å². The number of hydrogen-bond acceptors (Lipinski definition) is 6. The minimum atomic E-state index is -0.165. The van der Waals surface area contributed by atoms with Gasteiger partial charge in [0.25, 0.3) is 5.56 Å². The van der Waals surface area contributed by atoms with Gasteiger partial charge in [0.15, 0.2) is 5.16 Å². The van der Waals surface area contributed by atoms with Crippen LogP contribution in [-0.4, -0.2) is 26.2 Å². The minimum absolute atomic E-state index is 0.0304. The van der Waals surface area contributed by atoms with Gasteiger partial charge in [0.1, 0.15) is 4.83 Å². The van der Waals surface area contributed by atoms with E-state index in [1.54, 1.807) is 46.5 Å². The lowest BCUT2D eigenvalue weighted by Gasteiger charge is -2.17. The molecule has 0 spiro atoms. The third-order valence-corrected chi connectivity index (χ3v) is 7.09. The van der Waals surface area contributed by atoms with Crippen LogP contribution in [0.15, 0.2) is 47.1 Å². The number of nitrogens with one attached hydrogen (secondary N) is 1. The van der Waals surface area contributed by atoms with Crippen LogP contribution in [-0.2, 0) is 24.2 Å². The van der Waals surface area contributed by atoms with Gasteiger partial charge >= 0.3 is 0 Å². The summed E-state index contributed by atoms with van der Waals surface area (Å²) in [5, 5.41) is 4.11. The van der Waals surface area contributed by atoms with E-state index in [4.69, 9.17) is 4.98 Å². The van der Waals surface area contributed by atoms with Gasteiger partial charge in [-0.25, -0.2) is 4.98 Å². The predicted octanol–water partition coefficient (Wildman–Crippen LogP) is 3.89. The molecule has 1 amide bonds. The maximum atomic E-state index is 13.2. The molecule has 3 aromatic heterocycles. The van der Waals surface area contributed by atoms with Gasteiger partial charge in [0.05, 0.1) is 23.0 Å². The SMILES string of the molecule is C=CCn1c(SCC(=O)Nc2cccnc2)nc2sc3c(c2c1=O)CCC(C)C3. The van der Waals surface area contributed by atoms with Crippen LogP contribution >= 0.6 is 23.1 Å². The van der Waals surface area contributed by atoms with E-state index in [1.807, 2.05) is 0 Å². The van der Waals surface area contributed by atoms with Crippen LogP contribution in [0.4, 0.5) is 5.69 Å². The monoisotopic (exact) mass is 426 g/mol. The third-order valence-electron chi connectivity index (χ3n) is 4.97. The number of aryl methyl sites for hydroxylation is 1. The first kappa shape index (κ1) is 19.8. The van der Waals surface area contributed by atoms with Gasteiger partial charge in [-0.3, -0.25) is 19.1 Å². The fourth-order valence-electron chi connectivity index (χ4n) is 3.57. The molecule has 4 rings (SSSR count). The van der Waals surface area contributed by atoms with Crippen molar-refractivity contribution in [2.75, 3.05) is 11.1 Å². The first-order valence-corrected chi connectivity index (χ1v) is 11.4. The molecular weight excluding hydrogens is 404 g/mol. The molecule has 1 unspecified atom stereocenters. The molecule has 1 aliphatic carbocycles. The molecule has 0 saturated carbocycles. The summed E-state index contributed by atoms with van der Waals surface area (Å²) in [6.07, 6.45) is 7.98. The number of pyridine rings is 1. The predicted molar refractivity (Wildman–Crippen MR) is 119 cm³/mol. The molecule has 29 heavy (non-hydrogen) atoms. The summed E-state index contributed by atoms with van der Waals surface area (Å²) >= 11 is 2.89. The Morgan fingerprint density at radius 1 is 1.52 bits per heavy atom. The molecule has 6 nitrogen and oxygen atoms in total. The van der Waals surface area contributed by atoms with Crippen molar-refractivity contribution >= 4 is 44.9 Å². The molecule has 1 atom stereocenters. The molecular formula is C21H22N4O2S2. The molecule has 0 fully saturated rings. The number of thiophene rings is 1. The normalized spacial score (nSPS) is 15.8. The standard InChI is InChI=1S/C21H22N4O2S2/c1-3-9-25-20(27)18-15-7-6-13(2)10-16(15)29-19(18)24-21(25)28-12-17(26)23-14-5-4-8-22-11-14/h3-5,8,11,13H,1,6-7,9-10,12H2,2H3,(H,23,26). The molecule has 0 aliphatic heterocycles. The number of allylic oxidation sites excluding steroid dienone is 1. The maximum absolute atomic E-state index is 13.2. The zero-order valence-electron chi connectivity index (χ0n) is 16.2. The summed E-state index contributed by atoms with van der Waals surface area (Å²) in [5.41, 5.74) is 1.78. The van der Waals surface area contributed by atoms with Crippen molar-refractivity contribution in [3.63, 3.8) is 0 Å². The van der Waals surface area contributed by atoms with Crippen molar-refractivity contribution in [1.29, 1.82) is 0 Å². The first-order chi connectivity index (χ1) is 14.1. The molecule has 3 heterocycles. The van der Waals surface area contributed by atoms with E-state index in [-0.39, 0.29) is 17.2 Å². The van der Waals surface area contributed by atoms with Crippen molar-refractivity contribution in [3.05, 3.63) is 58.0 Å². The Morgan fingerprint density at radius 3 is 3.14 bits per heavy atom. The molecule has 0 aromatic carbocycles. The largest absolute Gasteiger partial charge is 0.324 e. The van der Waals surface area contributed by atoms with Crippen molar-refractivity contribution in [2.24, 2.45) is 5.92 Å². The molecule has 3 aromatic rings. The van der Waals surface area contributed by atoms with E-state index in [0.29, 0.717) is 23.3 Å². The van der Waals surface area contributed by atoms with Crippen LogP contribution in [0.1, 0.15) is 23.8 Å². The maximum Gasteiger partial charge on any atom is 0.263 e. The summed E-state index contributed by atoms with van der Waals surface area (Å²) in [4.78, 5) is 36.4. The van der Waals surface area contributed by atoms with Gasteiger partial charge in [-0.2, -0.15) is 0 Å². The molecule has 150 valence electrons. The number of fused-ring (bicyclic) bond motifs is 3. The Morgan fingerprint density at radius 2 is 2.38 bits per heavy atom. The molecule has 0 saturated heterocycles. The van der Waals surface area contributed by atoms with E-state index in [9.17, 15) is 9.59 Å². The average molecular weight is 427 g/mol.